The number of unbranched alkanes of at least 4 members (excludes halogenated alkanes) is 2. The van der Waals surface area contributed by atoms with Gasteiger partial charge in [-0.2, -0.15) is 0 Å². The number of halogens is 1. The number of hydrogen-bond donors (Lipinski definition) is 1. The zero-order valence-electron chi connectivity index (χ0n) is 11.9. The Morgan fingerprint density at radius 2 is 2.00 bits per heavy atom. The van der Waals surface area contributed by atoms with Gasteiger partial charge in [-0.15, -0.1) is 0 Å². The van der Waals surface area contributed by atoms with Crippen molar-refractivity contribution in [3.05, 3.63) is 28.8 Å². The Labute approximate surface area is 124 Å². The number of benzene rings is 1. The Morgan fingerprint density at radius 3 is 2.65 bits per heavy atom. The molecule has 0 bridgehead atoms. The first-order valence-electron chi connectivity index (χ1n) is 6.65. The summed E-state index contributed by atoms with van der Waals surface area (Å²) in [5.41, 5.74) is 1.41. The van der Waals surface area contributed by atoms with E-state index in [0.29, 0.717) is 17.0 Å². The molecule has 0 aliphatic rings. The summed E-state index contributed by atoms with van der Waals surface area (Å²) in [6, 6.07) is 5.20. The van der Waals surface area contributed by atoms with Gasteiger partial charge in [-0.05, 0) is 38.0 Å². The van der Waals surface area contributed by atoms with Gasteiger partial charge in [0.15, 0.2) is 5.78 Å². The molecule has 0 spiro atoms. The number of anilines is 1. The smallest absolute Gasteiger partial charge is 0.305 e. The maximum atomic E-state index is 11.3. The second kappa shape index (κ2) is 8.59. The summed E-state index contributed by atoms with van der Waals surface area (Å²) in [5.74, 6) is -0.155. The average molecular weight is 298 g/mol. The number of nitrogens with one attached hydrogen (secondary N) is 1. The van der Waals surface area contributed by atoms with E-state index < -0.39 is 0 Å². The number of ether oxygens (including phenoxy) is 1. The third kappa shape index (κ3) is 5.61. The highest BCUT2D eigenvalue weighted by Gasteiger charge is 2.05. The fourth-order valence-electron chi connectivity index (χ4n) is 1.78. The fraction of sp³-hybridized carbons (Fsp3) is 0.467. The van der Waals surface area contributed by atoms with Crippen molar-refractivity contribution >= 4 is 29.0 Å². The molecule has 0 unspecified atom stereocenters. The molecule has 4 nitrogen and oxygen atoms in total. The van der Waals surface area contributed by atoms with Crippen LogP contribution in [0.1, 0.15) is 43.0 Å². The van der Waals surface area contributed by atoms with Crippen LogP contribution in [0.15, 0.2) is 18.2 Å². The van der Waals surface area contributed by atoms with E-state index in [1.54, 1.807) is 18.2 Å². The topological polar surface area (TPSA) is 55.4 Å². The Morgan fingerprint density at radius 1 is 1.25 bits per heavy atom. The maximum Gasteiger partial charge on any atom is 0.305 e. The SMILES string of the molecule is COC(=O)CCCCCNc1cc(C(C)=O)ccc1Cl. The van der Waals surface area contributed by atoms with Gasteiger partial charge in [0, 0.05) is 18.5 Å². The summed E-state index contributed by atoms with van der Waals surface area (Å²) >= 11 is 6.07. The fourth-order valence-corrected chi connectivity index (χ4v) is 1.96. The van der Waals surface area contributed by atoms with Crippen molar-refractivity contribution < 1.29 is 14.3 Å². The molecule has 20 heavy (non-hydrogen) atoms. The molecule has 0 fully saturated rings. The van der Waals surface area contributed by atoms with Gasteiger partial charge in [0.1, 0.15) is 0 Å². The summed E-state index contributed by atoms with van der Waals surface area (Å²) in [5, 5.41) is 3.81. The lowest BCUT2D eigenvalue weighted by Crippen LogP contribution is -2.04. The van der Waals surface area contributed by atoms with Crippen LogP contribution in [0.5, 0.6) is 0 Å². The molecule has 0 aliphatic heterocycles. The lowest BCUT2D eigenvalue weighted by Gasteiger charge is -2.09. The van der Waals surface area contributed by atoms with Gasteiger partial charge in [-0.1, -0.05) is 18.0 Å². The van der Waals surface area contributed by atoms with Crippen LogP contribution in [0.3, 0.4) is 0 Å². The molecule has 110 valence electrons. The second-order valence-corrected chi connectivity index (χ2v) is 4.97. The quantitative estimate of drug-likeness (QED) is 0.452. The molecule has 0 amide bonds. The highest BCUT2D eigenvalue weighted by atomic mass is 35.5. The third-order valence-corrected chi connectivity index (χ3v) is 3.30. The molecule has 0 saturated carbocycles. The first-order chi connectivity index (χ1) is 9.54. The predicted molar refractivity (Wildman–Crippen MR) is 80.4 cm³/mol. The number of carbonyl (C=O) groups excluding carboxylic acids is 2. The van der Waals surface area contributed by atoms with Gasteiger partial charge >= 0.3 is 5.97 Å². The van der Waals surface area contributed by atoms with Gasteiger partial charge in [0.2, 0.25) is 0 Å². The van der Waals surface area contributed by atoms with Gasteiger partial charge in [-0.25, -0.2) is 0 Å². The van der Waals surface area contributed by atoms with Crippen LogP contribution in [0.2, 0.25) is 5.02 Å². The lowest BCUT2D eigenvalue weighted by atomic mass is 10.1. The van der Waals surface area contributed by atoms with Crippen molar-refractivity contribution in [3.63, 3.8) is 0 Å². The van der Waals surface area contributed by atoms with Crippen molar-refractivity contribution in [3.8, 4) is 0 Å². The second-order valence-electron chi connectivity index (χ2n) is 4.56. The summed E-state index contributed by atoms with van der Waals surface area (Å²) in [4.78, 5) is 22.2. The summed E-state index contributed by atoms with van der Waals surface area (Å²) in [6.45, 7) is 2.28. The molecule has 0 atom stereocenters. The molecule has 5 heteroatoms. The number of carbonyl (C=O) groups is 2. The molecule has 0 aliphatic carbocycles. The molecule has 1 N–H and O–H groups in total. The van der Waals surface area contributed by atoms with Crippen LogP contribution in [-0.2, 0) is 9.53 Å². The Bertz CT molecular complexity index is 474. The molecule has 0 heterocycles. The average Bonchev–Trinajstić information content (AvgIpc) is 2.43. The number of hydrogen-bond acceptors (Lipinski definition) is 4. The third-order valence-electron chi connectivity index (χ3n) is 2.97. The number of rotatable bonds is 8. The number of Topliss-reactive ketones (excluding diaryl/α,β-unsaturated/α-hetero) is 1. The van der Waals surface area contributed by atoms with Crippen molar-refractivity contribution in [2.75, 3.05) is 19.0 Å². The van der Waals surface area contributed by atoms with Gasteiger partial charge < -0.3 is 10.1 Å². The highest BCUT2D eigenvalue weighted by Crippen LogP contribution is 2.23. The van der Waals surface area contributed by atoms with E-state index in [-0.39, 0.29) is 11.8 Å². The molecule has 0 aromatic heterocycles. The van der Waals surface area contributed by atoms with E-state index in [9.17, 15) is 9.59 Å². The maximum absolute atomic E-state index is 11.3. The molecular formula is C15H20ClNO3. The van der Waals surface area contributed by atoms with E-state index in [0.717, 1.165) is 31.5 Å². The number of ketones is 1. The minimum absolute atomic E-state index is 0.0165. The minimum Gasteiger partial charge on any atom is -0.469 e. The van der Waals surface area contributed by atoms with Crippen molar-refractivity contribution in [2.24, 2.45) is 0 Å². The normalized spacial score (nSPS) is 10.2. The highest BCUT2D eigenvalue weighted by molar-refractivity contribution is 6.33. The largest absolute Gasteiger partial charge is 0.469 e. The predicted octanol–water partition coefficient (Wildman–Crippen LogP) is 3.69. The van der Waals surface area contributed by atoms with E-state index in [1.807, 2.05) is 0 Å². The van der Waals surface area contributed by atoms with Crippen LogP contribution in [0.4, 0.5) is 5.69 Å². The Balaban J connectivity index is 2.33. The van der Waals surface area contributed by atoms with E-state index in [4.69, 9.17) is 11.6 Å². The Hall–Kier alpha value is -1.55. The zero-order valence-corrected chi connectivity index (χ0v) is 12.6. The molecule has 1 rings (SSSR count). The molecule has 0 saturated heterocycles. The first-order valence-corrected chi connectivity index (χ1v) is 7.03. The van der Waals surface area contributed by atoms with Gasteiger partial charge in [-0.3, -0.25) is 9.59 Å². The van der Waals surface area contributed by atoms with Gasteiger partial charge in [0.05, 0.1) is 17.8 Å². The summed E-state index contributed by atoms with van der Waals surface area (Å²) in [7, 11) is 1.40. The Kier molecular flexibility index (Phi) is 7.09. The van der Waals surface area contributed by atoms with E-state index in [1.165, 1.54) is 14.0 Å². The molecule has 1 aromatic rings. The minimum atomic E-state index is -0.171. The standard InChI is InChI=1S/C15H20ClNO3/c1-11(18)12-7-8-13(16)14(10-12)17-9-5-3-4-6-15(19)20-2/h7-8,10,17H,3-6,9H2,1-2H3. The van der Waals surface area contributed by atoms with Crippen molar-refractivity contribution in [1.29, 1.82) is 0 Å². The van der Waals surface area contributed by atoms with Crippen molar-refractivity contribution in [2.45, 2.75) is 32.6 Å². The van der Waals surface area contributed by atoms with Crippen LogP contribution in [0, 0.1) is 0 Å². The molecule has 0 radical (unpaired) electrons. The van der Waals surface area contributed by atoms with Crippen LogP contribution < -0.4 is 5.32 Å². The zero-order chi connectivity index (χ0) is 15.0. The van der Waals surface area contributed by atoms with Crippen LogP contribution in [-0.4, -0.2) is 25.4 Å². The van der Waals surface area contributed by atoms with Crippen molar-refractivity contribution in [1.82, 2.24) is 0 Å². The van der Waals surface area contributed by atoms with Gasteiger partial charge in [0.25, 0.3) is 0 Å². The van der Waals surface area contributed by atoms with E-state index >= 15 is 0 Å². The lowest BCUT2D eigenvalue weighted by molar-refractivity contribution is -0.140. The first kappa shape index (κ1) is 16.5. The monoisotopic (exact) mass is 297 g/mol. The number of esters is 1. The number of methoxy groups -OCH3 is 1. The van der Waals surface area contributed by atoms with Crippen LogP contribution >= 0.6 is 11.6 Å². The molecular weight excluding hydrogens is 278 g/mol. The molecule has 1 aromatic carbocycles. The summed E-state index contributed by atoms with van der Waals surface area (Å²) < 4.78 is 4.57. The summed E-state index contributed by atoms with van der Waals surface area (Å²) in [6.07, 6.45) is 3.14. The van der Waals surface area contributed by atoms with Crippen LogP contribution in [0.25, 0.3) is 0 Å². The van der Waals surface area contributed by atoms with E-state index in [2.05, 4.69) is 10.1 Å².